The summed E-state index contributed by atoms with van der Waals surface area (Å²) >= 11 is 0. The number of hydrogen-bond acceptors (Lipinski definition) is 1. The van der Waals surface area contributed by atoms with Gasteiger partial charge in [-0.05, 0) is 66.4 Å². The van der Waals surface area contributed by atoms with Gasteiger partial charge in [-0.3, -0.25) is 0 Å². The Kier molecular flexibility index (Phi) is 7.79. The number of halogens is 3. The molecule has 0 N–H and O–H groups in total. The van der Waals surface area contributed by atoms with Gasteiger partial charge >= 0.3 is 6.36 Å². The fourth-order valence-corrected chi connectivity index (χ4v) is 2.98. The van der Waals surface area contributed by atoms with Gasteiger partial charge in [0.25, 0.3) is 0 Å². The molecule has 0 aliphatic rings. The molecule has 0 radical (unpaired) electrons. The van der Waals surface area contributed by atoms with E-state index in [1.165, 1.54) is 12.1 Å². The maximum absolute atomic E-state index is 13.0. The largest absolute Gasteiger partial charge is 0.573 e. The molecule has 0 fully saturated rings. The third kappa shape index (κ3) is 7.49. The Hall–Kier alpha value is -4.15. The summed E-state index contributed by atoms with van der Waals surface area (Å²) in [6, 6.07) is 19.4. The zero-order chi connectivity index (χ0) is 23.7. The third-order valence-electron chi connectivity index (χ3n) is 4.57. The Labute approximate surface area is 192 Å². The van der Waals surface area contributed by atoms with Crippen LogP contribution in [0.25, 0.3) is 0 Å². The molecule has 0 saturated heterocycles. The summed E-state index contributed by atoms with van der Waals surface area (Å²) in [5, 5.41) is 0. The monoisotopic (exact) mass is 442 g/mol. The van der Waals surface area contributed by atoms with E-state index in [1.54, 1.807) is 12.1 Å². The van der Waals surface area contributed by atoms with Crippen LogP contribution in [0.2, 0.25) is 0 Å². The van der Waals surface area contributed by atoms with Crippen molar-refractivity contribution in [1.29, 1.82) is 0 Å². The van der Waals surface area contributed by atoms with Crippen LogP contribution in [0.15, 0.2) is 92.0 Å². The minimum atomic E-state index is -4.84. The summed E-state index contributed by atoms with van der Waals surface area (Å²) in [7, 11) is 0. The molecule has 0 unspecified atom stereocenters. The van der Waals surface area contributed by atoms with Crippen LogP contribution in [-0.2, 0) is 12.8 Å². The smallest absolute Gasteiger partial charge is 0.404 e. The van der Waals surface area contributed by atoms with Gasteiger partial charge in [-0.1, -0.05) is 60.1 Å². The molecule has 3 aromatic carbocycles. The molecule has 164 valence electrons. The van der Waals surface area contributed by atoms with Crippen LogP contribution in [0.1, 0.15) is 33.4 Å². The second-order valence-corrected chi connectivity index (χ2v) is 7.14. The predicted octanol–water partition coefficient (Wildman–Crippen LogP) is 6.84. The lowest BCUT2D eigenvalue weighted by Gasteiger charge is -2.11. The van der Waals surface area contributed by atoms with Gasteiger partial charge in [0.05, 0.1) is 5.56 Å². The molecule has 0 atom stereocenters. The molecular formula is C29H21F3O. The van der Waals surface area contributed by atoms with Crippen LogP contribution in [-0.4, -0.2) is 6.36 Å². The molecule has 0 saturated carbocycles. The Morgan fingerprint density at radius 1 is 0.667 bits per heavy atom. The number of rotatable bonds is 5. The first kappa shape index (κ1) is 23.5. The first-order valence-electron chi connectivity index (χ1n) is 10.2. The second-order valence-electron chi connectivity index (χ2n) is 7.14. The molecular weight excluding hydrogens is 421 g/mol. The molecule has 0 amide bonds. The summed E-state index contributed by atoms with van der Waals surface area (Å²) in [5.74, 6) is 11.1. The molecule has 1 nitrogen and oxygen atoms in total. The highest BCUT2D eigenvalue weighted by molar-refractivity contribution is 5.55. The average molecular weight is 442 g/mol. The van der Waals surface area contributed by atoms with E-state index in [1.807, 2.05) is 54.6 Å². The van der Waals surface area contributed by atoms with Crippen molar-refractivity contribution in [1.82, 2.24) is 0 Å². The quantitative estimate of drug-likeness (QED) is 0.310. The van der Waals surface area contributed by atoms with Gasteiger partial charge in [-0.2, -0.15) is 0 Å². The average Bonchev–Trinajstić information content (AvgIpc) is 2.78. The van der Waals surface area contributed by atoms with Gasteiger partial charge in [-0.25, -0.2) is 0 Å². The molecule has 4 heteroatoms. The number of hydrogen-bond donors (Lipinski definition) is 0. The van der Waals surface area contributed by atoms with Crippen LogP contribution < -0.4 is 4.74 Å². The highest BCUT2D eigenvalue weighted by Crippen LogP contribution is 2.27. The molecule has 0 aliphatic carbocycles. The summed E-state index contributed by atoms with van der Waals surface area (Å²) in [4.78, 5) is 0. The minimum Gasteiger partial charge on any atom is -0.404 e. The van der Waals surface area contributed by atoms with Gasteiger partial charge in [0.15, 0.2) is 0 Å². The van der Waals surface area contributed by atoms with Crippen molar-refractivity contribution in [2.45, 2.75) is 19.2 Å². The zero-order valence-electron chi connectivity index (χ0n) is 17.9. The highest BCUT2D eigenvalue weighted by atomic mass is 19.4. The Morgan fingerprint density at radius 3 is 1.61 bits per heavy atom. The molecule has 0 bridgehead atoms. The number of benzene rings is 3. The zero-order valence-corrected chi connectivity index (χ0v) is 17.9. The molecule has 0 spiro atoms. The first-order valence-corrected chi connectivity index (χ1v) is 10.2. The molecule has 0 aliphatic heterocycles. The molecule has 0 aromatic heterocycles. The fourth-order valence-electron chi connectivity index (χ4n) is 2.98. The van der Waals surface area contributed by atoms with Crippen molar-refractivity contribution < 1.29 is 17.9 Å². The van der Waals surface area contributed by atoms with Gasteiger partial charge in [0, 0.05) is 16.7 Å². The third-order valence-corrected chi connectivity index (χ3v) is 4.57. The lowest BCUT2D eigenvalue weighted by Crippen LogP contribution is -2.18. The standard InChI is InChI=1S/C29H21F3O/c1-3-5-22-7-11-24(12-8-22)15-16-26-18-20-27(28(21-26)33-29(30,31)32)19-17-25-13-9-23(6-4-2)10-14-25/h3-4,7-14,18,20-21H,1-2,5-6H2. The molecule has 3 rings (SSSR count). The van der Waals surface area contributed by atoms with Crippen LogP contribution in [0.5, 0.6) is 5.75 Å². The maximum atomic E-state index is 13.0. The fraction of sp³-hybridized carbons (Fsp3) is 0.103. The van der Waals surface area contributed by atoms with E-state index in [4.69, 9.17) is 0 Å². The van der Waals surface area contributed by atoms with E-state index < -0.39 is 6.36 Å². The molecule has 0 heterocycles. The highest BCUT2D eigenvalue weighted by Gasteiger charge is 2.32. The Balaban J connectivity index is 1.87. The summed E-state index contributed by atoms with van der Waals surface area (Å²) < 4.78 is 43.1. The van der Waals surface area contributed by atoms with E-state index in [9.17, 15) is 13.2 Å². The lowest BCUT2D eigenvalue weighted by molar-refractivity contribution is -0.274. The van der Waals surface area contributed by atoms with Crippen LogP contribution in [0.4, 0.5) is 13.2 Å². The van der Waals surface area contributed by atoms with E-state index in [2.05, 4.69) is 41.6 Å². The van der Waals surface area contributed by atoms with Crippen molar-refractivity contribution in [3.8, 4) is 29.4 Å². The molecule has 33 heavy (non-hydrogen) atoms. The number of allylic oxidation sites excluding steroid dienone is 2. The summed E-state index contributed by atoms with van der Waals surface area (Å²) in [6.07, 6.45) is 0.261. The number of ether oxygens (including phenoxy) is 1. The predicted molar refractivity (Wildman–Crippen MR) is 126 cm³/mol. The topological polar surface area (TPSA) is 9.23 Å². The van der Waals surface area contributed by atoms with Crippen LogP contribution >= 0.6 is 0 Å². The van der Waals surface area contributed by atoms with Crippen molar-refractivity contribution in [2.24, 2.45) is 0 Å². The Morgan fingerprint density at radius 2 is 1.12 bits per heavy atom. The van der Waals surface area contributed by atoms with Crippen molar-refractivity contribution in [3.63, 3.8) is 0 Å². The van der Waals surface area contributed by atoms with Gasteiger partial charge in [0.1, 0.15) is 5.75 Å². The van der Waals surface area contributed by atoms with E-state index in [0.717, 1.165) is 29.5 Å². The normalized spacial score (nSPS) is 10.3. The lowest BCUT2D eigenvalue weighted by atomic mass is 10.1. The van der Waals surface area contributed by atoms with Crippen LogP contribution in [0.3, 0.4) is 0 Å². The van der Waals surface area contributed by atoms with Gasteiger partial charge < -0.3 is 4.74 Å². The minimum absolute atomic E-state index is 0.127. The van der Waals surface area contributed by atoms with Gasteiger partial charge in [0.2, 0.25) is 0 Å². The molecule has 3 aromatic rings. The van der Waals surface area contributed by atoms with Crippen molar-refractivity contribution in [3.05, 3.63) is 125 Å². The van der Waals surface area contributed by atoms with E-state index >= 15 is 0 Å². The number of alkyl halides is 3. The van der Waals surface area contributed by atoms with E-state index in [-0.39, 0.29) is 11.3 Å². The maximum Gasteiger partial charge on any atom is 0.573 e. The SMILES string of the molecule is C=CCc1ccc(C#Cc2ccc(C#Cc3ccc(CC=C)cc3)c(OC(F)(F)F)c2)cc1. The van der Waals surface area contributed by atoms with Crippen LogP contribution in [0, 0.1) is 23.7 Å². The first-order chi connectivity index (χ1) is 15.9. The summed E-state index contributed by atoms with van der Waals surface area (Å²) in [6.45, 7) is 7.40. The Bertz CT molecular complexity index is 1240. The second kappa shape index (κ2) is 10.9. The summed E-state index contributed by atoms with van der Waals surface area (Å²) in [5.41, 5.74) is 4.14. The van der Waals surface area contributed by atoms with E-state index in [0.29, 0.717) is 11.1 Å². The van der Waals surface area contributed by atoms with Gasteiger partial charge in [-0.15, -0.1) is 26.3 Å². The van der Waals surface area contributed by atoms with Crippen molar-refractivity contribution in [2.75, 3.05) is 0 Å². The van der Waals surface area contributed by atoms with Crippen molar-refractivity contribution >= 4 is 0 Å².